The highest BCUT2D eigenvalue weighted by molar-refractivity contribution is 14.1. The van der Waals surface area contributed by atoms with Gasteiger partial charge in [-0.25, -0.2) is 0 Å². The van der Waals surface area contributed by atoms with Crippen molar-refractivity contribution in [3.05, 3.63) is 68.1 Å². The first-order valence-electron chi connectivity index (χ1n) is 8.74. The standard InChI is InChI=1S/C21H19IN2O3S/c1-13(2)15-5-3-14(4-6-15)11-18-20(26)24(21(27)28-18)12-19(25)23-17-9-7-16(22)8-10-17/h3-11,13H,12H2,1-2H3,(H,23,25)/b18-11+. The minimum Gasteiger partial charge on any atom is -0.325 e. The Bertz CT molecular complexity index is 937. The van der Waals surface area contributed by atoms with E-state index in [1.807, 2.05) is 36.4 Å². The normalized spacial score (nSPS) is 15.6. The molecule has 1 heterocycles. The Kier molecular flexibility index (Phi) is 6.56. The van der Waals surface area contributed by atoms with E-state index in [9.17, 15) is 14.4 Å². The highest BCUT2D eigenvalue weighted by atomic mass is 127. The summed E-state index contributed by atoms with van der Waals surface area (Å²) < 4.78 is 1.05. The van der Waals surface area contributed by atoms with Crippen molar-refractivity contribution in [2.45, 2.75) is 19.8 Å². The number of amides is 3. The molecule has 0 bridgehead atoms. The van der Waals surface area contributed by atoms with E-state index in [0.717, 1.165) is 25.8 Å². The van der Waals surface area contributed by atoms with E-state index < -0.39 is 17.1 Å². The summed E-state index contributed by atoms with van der Waals surface area (Å²) in [4.78, 5) is 38.3. The van der Waals surface area contributed by atoms with E-state index in [4.69, 9.17) is 0 Å². The summed E-state index contributed by atoms with van der Waals surface area (Å²) in [6.45, 7) is 3.92. The number of hydrogen-bond acceptors (Lipinski definition) is 4. The largest absolute Gasteiger partial charge is 0.325 e. The van der Waals surface area contributed by atoms with Crippen LogP contribution in [0.1, 0.15) is 30.9 Å². The molecule has 2 aromatic carbocycles. The van der Waals surface area contributed by atoms with Gasteiger partial charge in [-0.05, 0) is 81.7 Å². The highest BCUT2D eigenvalue weighted by Crippen LogP contribution is 2.32. The van der Waals surface area contributed by atoms with Crippen molar-refractivity contribution in [2.75, 3.05) is 11.9 Å². The van der Waals surface area contributed by atoms with Crippen molar-refractivity contribution < 1.29 is 14.4 Å². The van der Waals surface area contributed by atoms with Crippen LogP contribution in [0.15, 0.2) is 53.4 Å². The Morgan fingerprint density at radius 1 is 1.11 bits per heavy atom. The first-order valence-corrected chi connectivity index (χ1v) is 10.6. The SMILES string of the molecule is CC(C)c1ccc(/C=C2/SC(=O)N(CC(=O)Nc3ccc(I)cc3)C2=O)cc1. The fourth-order valence-electron chi connectivity index (χ4n) is 2.64. The van der Waals surface area contributed by atoms with Gasteiger partial charge in [-0.1, -0.05) is 38.1 Å². The Morgan fingerprint density at radius 3 is 2.36 bits per heavy atom. The molecule has 0 aliphatic carbocycles. The van der Waals surface area contributed by atoms with Gasteiger partial charge in [0.25, 0.3) is 11.1 Å². The molecule has 5 nitrogen and oxygen atoms in total. The van der Waals surface area contributed by atoms with Crippen LogP contribution >= 0.6 is 34.4 Å². The maximum absolute atomic E-state index is 12.6. The van der Waals surface area contributed by atoms with Gasteiger partial charge in [0.05, 0.1) is 4.91 Å². The van der Waals surface area contributed by atoms with Crippen molar-refractivity contribution in [3.8, 4) is 0 Å². The van der Waals surface area contributed by atoms with Gasteiger partial charge in [-0.2, -0.15) is 0 Å². The Labute approximate surface area is 181 Å². The number of thioether (sulfide) groups is 1. The third-order valence-corrected chi connectivity index (χ3v) is 5.83. The van der Waals surface area contributed by atoms with Crippen molar-refractivity contribution in [3.63, 3.8) is 0 Å². The third-order valence-electron chi connectivity index (χ3n) is 4.20. The Hall–Kier alpha value is -2.13. The monoisotopic (exact) mass is 506 g/mol. The molecule has 2 aromatic rings. The van der Waals surface area contributed by atoms with Gasteiger partial charge in [0.2, 0.25) is 5.91 Å². The molecule has 3 rings (SSSR count). The van der Waals surface area contributed by atoms with Crippen LogP contribution in [-0.2, 0) is 9.59 Å². The molecule has 1 fully saturated rings. The van der Waals surface area contributed by atoms with Gasteiger partial charge in [-0.15, -0.1) is 0 Å². The molecule has 0 spiro atoms. The average molecular weight is 506 g/mol. The minimum absolute atomic E-state index is 0.305. The Balaban J connectivity index is 1.67. The van der Waals surface area contributed by atoms with Crippen molar-refractivity contribution in [2.24, 2.45) is 0 Å². The summed E-state index contributed by atoms with van der Waals surface area (Å²) in [6.07, 6.45) is 1.69. The van der Waals surface area contributed by atoms with Crippen LogP contribution in [0, 0.1) is 3.57 Å². The second-order valence-corrected chi connectivity index (χ2v) is 8.88. The molecule has 1 saturated heterocycles. The number of nitrogens with one attached hydrogen (secondary N) is 1. The maximum Gasteiger partial charge on any atom is 0.294 e. The maximum atomic E-state index is 12.6. The van der Waals surface area contributed by atoms with Crippen LogP contribution in [0.25, 0.3) is 6.08 Å². The molecule has 0 saturated carbocycles. The lowest BCUT2D eigenvalue weighted by atomic mass is 10.0. The number of anilines is 1. The fourth-order valence-corrected chi connectivity index (χ4v) is 3.84. The van der Waals surface area contributed by atoms with Crippen LogP contribution in [0.5, 0.6) is 0 Å². The summed E-state index contributed by atoms with van der Waals surface area (Å²) in [5.41, 5.74) is 2.67. The molecule has 144 valence electrons. The third kappa shape index (κ3) is 5.02. The quantitative estimate of drug-likeness (QED) is 0.454. The second-order valence-electron chi connectivity index (χ2n) is 6.64. The van der Waals surface area contributed by atoms with E-state index in [0.29, 0.717) is 16.5 Å². The number of hydrogen-bond donors (Lipinski definition) is 1. The van der Waals surface area contributed by atoms with Crippen LogP contribution in [0.4, 0.5) is 10.5 Å². The van der Waals surface area contributed by atoms with Crippen molar-refractivity contribution >= 4 is 63.2 Å². The number of rotatable bonds is 5. The molecule has 3 amide bonds. The Morgan fingerprint density at radius 2 is 1.75 bits per heavy atom. The average Bonchev–Trinajstić information content (AvgIpc) is 2.91. The van der Waals surface area contributed by atoms with Crippen LogP contribution < -0.4 is 5.32 Å². The van der Waals surface area contributed by atoms with E-state index in [2.05, 4.69) is 41.8 Å². The lowest BCUT2D eigenvalue weighted by molar-refractivity contribution is -0.127. The molecule has 0 aromatic heterocycles. The predicted octanol–water partition coefficient (Wildman–Crippen LogP) is 5.09. The van der Waals surface area contributed by atoms with E-state index in [-0.39, 0.29) is 6.54 Å². The van der Waals surface area contributed by atoms with Crippen molar-refractivity contribution in [1.29, 1.82) is 0 Å². The van der Waals surface area contributed by atoms with E-state index in [1.54, 1.807) is 18.2 Å². The van der Waals surface area contributed by atoms with Gasteiger partial charge < -0.3 is 5.32 Å². The molecule has 1 N–H and O–H groups in total. The van der Waals surface area contributed by atoms with Crippen molar-refractivity contribution in [1.82, 2.24) is 4.90 Å². The number of carbonyl (C=O) groups is 3. The lowest BCUT2D eigenvalue weighted by Gasteiger charge is -2.12. The molecule has 0 radical (unpaired) electrons. The molecule has 7 heteroatoms. The topological polar surface area (TPSA) is 66.5 Å². The number of benzene rings is 2. The lowest BCUT2D eigenvalue weighted by Crippen LogP contribution is -2.36. The molecule has 28 heavy (non-hydrogen) atoms. The summed E-state index contributed by atoms with van der Waals surface area (Å²) in [5, 5.41) is 2.26. The molecule has 1 aliphatic heterocycles. The number of nitrogens with zero attached hydrogens (tertiary/aromatic N) is 1. The second kappa shape index (κ2) is 8.91. The molecule has 0 unspecified atom stereocenters. The number of carbonyl (C=O) groups excluding carboxylic acids is 3. The number of halogens is 1. The van der Waals surface area contributed by atoms with Crippen LogP contribution in [0.3, 0.4) is 0 Å². The molecular weight excluding hydrogens is 487 g/mol. The van der Waals surface area contributed by atoms with Gasteiger partial charge in [0.15, 0.2) is 0 Å². The predicted molar refractivity (Wildman–Crippen MR) is 121 cm³/mol. The molecule has 1 aliphatic rings. The van der Waals surface area contributed by atoms with Gasteiger partial charge in [0.1, 0.15) is 6.54 Å². The first-order chi connectivity index (χ1) is 13.3. The van der Waals surface area contributed by atoms with Crippen LogP contribution in [-0.4, -0.2) is 28.5 Å². The number of imide groups is 1. The minimum atomic E-state index is -0.444. The van der Waals surface area contributed by atoms with E-state index >= 15 is 0 Å². The zero-order valence-corrected chi connectivity index (χ0v) is 18.4. The van der Waals surface area contributed by atoms with Gasteiger partial charge in [0, 0.05) is 9.26 Å². The fraction of sp³-hybridized carbons (Fsp3) is 0.190. The van der Waals surface area contributed by atoms with E-state index in [1.165, 1.54) is 5.56 Å². The molecular formula is C21H19IN2O3S. The first kappa shape index (κ1) is 20.6. The van der Waals surface area contributed by atoms with Crippen LogP contribution in [0.2, 0.25) is 0 Å². The zero-order chi connectivity index (χ0) is 20.3. The summed E-state index contributed by atoms with van der Waals surface area (Å²) in [7, 11) is 0. The van der Waals surface area contributed by atoms with Gasteiger partial charge >= 0.3 is 0 Å². The summed E-state index contributed by atoms with van der Waals surface area (Å²) >= 11 is 3.03. The summed E-state index contributed by atoms with van der Waals surface area (Å²) in [6, 6.07) is 15.1. The molecule has 0 atom stereocenters. The van der Waals surface area contributed by atoms with Gasteiger partial charge in [-0.3, -0.25) is 19.3 Å². The highest BCUT2D eigenvalue weighted by Gasteiger charge is 2.36. The zero-order valence-electron chi connectivity index (χ0n) is 15.4. The summed E-state index contributed by atoms with van der Waals surface area (Å²) in [5.74, 6) is -0.431. The smallest absolute Gasteiger partial charge is 0.294 e.